The maximum Gasteiger partial charge on any atom is 0.343 e. The molecule has 0 atom stereocenters. The van der Waals surface area contributed by atoms with Crippen molar-refractivity contribution in [3.8, 4) is 17.2 Å². The molecule has 0 saturated carbocycles. The van der Waals surface area contributed by atoms with Gasteiger partial charge in [-0.3, -0.25) is 0 Å². The Morgan fingerprint density at radius 3 is 1.68 bits per heavy atom. The van der Waals surface area contributed by atoms with Crippen molar-refractivity contribution in [2.24, 2.45) is 20.5 Å². The van der Waals surface area contributed by atoms with Crippen molar-refractivity contribution in [3.05, 3.63) is 94.3 Å². The lowest BCUT2D eigenvalue weighted by Gasteiger charge is -2.11. The lowest BCUT2D eigenvalue weighted by molar-refractivity contribution is 0.0716. The number of hydrogen-bond donors (Lipinski definition) is 0. The van der Waals surface area contributed by atoms with Crippen LogP contribution in [0.3, 0.4) is 0 Å². The Bertz CT molecular complexity index is 1760. The lowest BCUT2D eigenvalue weighted by Crippen LogP contribution is -2.13. The topological polar surface area (TPSA) is 97.4 Å². The first-order chi connectivity index (χ1) is 20.9. The molecule has 44 heavy (non-hydrogen) atoms. The van der Waals surface area contributed by atoms with Crippen LogP contribution in [0.4, 0.5) is 50.4 Å². The second-order valence-electron chi connectivity index (χ2n) is 8.96. The zero-order valence-electron chi connectivity index (χ0n) is 23.3. The lowest BCUT2D eigenvalue weighted by atomic mass is 10.2. The van der Waals surface area contributed by atoms with E-state index in [-0.39, 0.29) is 27.7 Å². The number of nitrogens with zero attached hydrogens (tertiary/aromatic N) is 5. The van der Waals surface area contributed by atoms with Crippen LogP contribution in [0.25, 0.3) is 0 Å². The van der Waals surface area contributed by atoms with E-state index in [1.165, 1.54) is 32.4 Å². The Morgan fingerprint density at radius 1 is 0.682 bits per heavy atom. The number of benzene rings is 4. The number of rotatable bonds is 9. The third-order valence-electron chi connectivity index (χ3n) is 5.93. The van der Waals surface area contributed by atoms with Crippen molar-refractivity contribution < 1.29 is 41.0 Å². The fraction of sp³-hybridized carbons (Fsp3) is 0.138. The smallest absolute Gasteiger partial charge is 0.343 e. The molecule has 0 amide bonds. The van der Waals surface area contributed by atoms with Crippen LogP contribution in [0.1, 0.15) is 10.4 Å². The number of carbonyl (C=O) groups excluding carboxylic acids is 1. The van der Waals surface area contributed by atoms with Crippen LogP contribution in [0.2, 0.25) is 5.02 Å². The second kappa shape index (κ2) is 13.5. The maximum absolute atomic E-state index is 13.9. The second-order valence-corrected chi connectivity index (χ2v) is 9.37. The van der Waals surface area contributed by atoms with Crippen molar-refractivity contribution >= 4 is 46.0 Å². The number of ether oxygens (including phenoxy) is 3. The molecule has 4 aromatic rings. The summed E-state index contributed by atoms with van der Waals surface area (Å²) in [6, 6.07) is 13.7. The van der Waals surface area contributed by atoms with Crippen LogP contribution in [-0.4, -0.2) is 34.3 Å². The highest BCUT2D eigenvalue weighted by atomic mass is 35.5. The summed E-state index contributed by atoms with van der Waals surface area (Å²) < 4.78 is 83.2. The summed E-state index contributed by atoms with van der Waals surface area (Å²) >= 11 is 6.20. The summed E-state index contributed by atoms with van der Waals surface area (Å²) in [5.41, 5.74) is 1.83. The molecule has 0 radical (unpaired) electrons. The van der Waals surface area contributed by atoms with Crippen molar-refractivity contribution in [2.45, 2.75) is 0 Å². The normalized spacial score (nSPS) is 11.3. The summed E-state index contributed by atoms with van der Waals surface area (Å²) in [6.45, 7) is 0. The first-order valence-electron chi connectivity index (χ1n) is 12.3. The fourth-order valence-electron chi connectivity index (χ4n) is 3.60. The summed E-state index contributed by atoms with van der Waals surface area (Å²) in [6.07, 6.45) is 0. The van der Waals surface area contributed by atoms with Crippen LogP contribution in [0.5, 0.6) is 17.2 Å². The molecule has 9 nitrogen and oxygen atoms in total. The van der Waals surface area contributed by atoms with E-state index in [4.69, 9.17) is 21.1 Å². The molecule has 0 bridgehead atoms. The van der Waals surface area contributed by atoms with Gasteiger partial charge in [-0.1, -0.05) is 11.6 Å². The van der Waals surface area contributed by atoms with Crippen molar-refractivity contribution in [1.29, 1.82) is 0 Å². The SMILES string of the molecule is COc1cc(/N=N/c2ccc(C(=O)Oc3c(F)c(F)c(F)c(F)c3F)cc2Cl)c(OC)cc1/N=N/c1ccc(N(C)C)cc1. The van der Waals surface area contributed by atoms with Crippen molar-refractivity contribution in [1.82, 2.24) is 0 Å². The van der Waals surface area contributed by atoms with Crippen LogP contribution >= 0.6 is 11.6 Å². The van der Waals surface area contributed by atoms with Crippen LogP contribution < -0.4 is 19.1 Å². The molecule has 4 rings (SSSR count). The Hall–Kier alpha value is -5.11. The molecular formula is C29H21ClF5N5O4. The number of hydrogen-bond acceptors (Lipinski definition) is 9. The van der Waals surface area contributed by atoms with E-state index in [0.29, 0.717) is 17.1 Å². The van der Waals surface area contributed by atoms with Gasteiger partial charge in [-0.05, 0) is 42.5 Å². The first kappa shape index (κ1) is 31.8. The van der Waals surface area contributed by atoms with Crippen LogP contribution in [0.15, 0.2) is 75.1 Å². The van der Waals surface area contributed by atoms with Gasteiger partial charge in [-0.25, -0.2) is 18.0 Å². The predicted octanol–water partition coefficient (Wildman–Crippen LogP) is 9.17. The number of carbonyl (C=O) groups is 1. The summed E-state index contributed by atoms with van der Waals surface area (Å²) in [5.74, 6) is -14.2. The molecule has 4 aromatic carbocycles. The van der Waals surface area contributed by atoms with Gasteiger partial charge in [0, 0.05) is 31.9 Å². The largest absolute Gasteiger partial charge is 0.494 e. The number of azo groups is 2. The van der Waals surface area contributed by atoms with Gasteiger partial charge in [-0.15, -0.1) is 15.3 Å². The van der Waals surface area contributed by atoms with E-state index >= 15 is 0 Å². The van der Waals surface area contributed by atoms with Crippen molar-refractivity contribution in [2.75, 3.05) is 33.2 Å². The molecule has 0 aliphatic carbocycles. The molecule has 0 aromatic heterocycles. The van der Waals surface area contributed by atoms with Gasteiger partial charge in [0.05, 0.1) is 30.5 Å². The zero-order chi connectivity index (χ0) is 32.1. The van der Waals surface area contributed by atoms with E-state index in [2.05, 4.69) is 25.2 Å². The van der Waals surface area contributed by atoms with Gasteiger partial charge in [-0.2, -0.15) is 13.9 Å². The predicted molar refractivity (Wildman–Crippen MR) is 151 cm³/mol. The molecule has 0 unspecified atom stereocenters. The Labute approximate surface area is 252 Å². The molecule has 0 fully saturated rings. The molecule has 0 aliphatic rings. The minimum Gasteiger partial charge on any atom is -0.494 e. The van der Waals surface area contributed by atoms with E-state index in [1.807, 2.05) is 31.1 Å². The van der Waals surface area contributed by atoms with Gasteiger partial charge in [0.2, 0.25) is 34.8 Å². The van der Waals surface area contributed by atoms with Gasteiger partial charge >= 0.3 is 5.97 Å². The third-order valence-corrected chi connectivity index (χ3v) is 6.24. The van der Waals surface area contributed by atoms with Crippen molar-refractivity contribution in [3.63, 3.8) is 0 Å². The first-order valence-corrected chi connectivity index (χ1v) is 12.7. The molecule has 0 spiro atoms. The minimum atomic E-state index is -2.39. The minimum absolute atomic E-state index is 0.0467. The highest BCUT2D eigenvalue weighted by Gasteiger charge is 2.29. The van der Waals surface area contributed by atoms with E-state index in [0.717, 1.165) is 17.8 Å². The molecule has 228 valence electrons. The molecule has 0 heterocycles. The monoisotopic (exact) mass is 633 g/mol. The average Bonchev–Trinajstić information content (AvgIpc) is 3.03. The molecule has 0 aliphatic heterocycles. The van der Waals surface area contributed by atoms with Gasteiger partial charge < -0.3 is 19.1 Å². The van der Waals surface area contributed by atoms with Gasteiger partial charge in [0.15, 0.2) is 0 Å². The van der Waals surface area contributed by atoms with Crippen LogP contribution in [0, 0.1) is 29.1 Å². The maximum atomic E-state index is 13.9. The fourth-order valence-corrected chi connectivity index (χ4v) is 3.82. The molecule has 0 N–H and O–H groups in total. The van der Waals surface area contributed by atoms with Gasteiger partial charge in [0.1, 0.15) is 28.6 Å². The third kappa shape index (κ3) is 6.75. The Kier molecular flexibility index (Phi) is 9.73. The van der Waals surface area contributed by atoms with E-state index < -0.39 is 40.8 Å². The summed E-state index contributed by atoms with van der Waals surface area (Å²) in [5, 5.41) is 16.5. The Balaban J connectivity index is 1.55. The Morgan fingerprint density at radius 2 is 1.18 bits per heavy atom. The number of methoxy groups -OCH3 is 2. The quantitative estimate of drug-likeness (QED) is 0.0457. The number of halogens is 6. The van der Waals surface area contributed by atoms with E-state index in [9.17, 15) is 26.7 Å². The zero-order valence-corrected chi connectivity index (χ0v) is 24.1. The standard InChI is InChI=1S/C29H21ClF5N5O4/c1-40(2)16-8-6-15(7-9-16)36-38-19-12-22(43-4)20(13-21(19)42-3)39-37-18-10-5-14(11-17(18)30)29(41)44-28-26(34)24(32)23(31)25(33)27(28)35/h5-13H,1-4H3/b38-36+,39-37+. The molecular weight excluding hydrogens is 613 g/mol. The number of esters is 1. The average molecular weight is 634 g/mol. The molecule has 15 heteroatoms. The molecule has 0 saturated heterocycles. The number of anilines is 1. The van der Waals surface area contributed by atoms with Gasteiger partial charge in [0.25, 0.3) is 0 Å². The summed E-state index contributed by atoms with van der Waals surface area (Å²) in [7, 11) is 6.67. The summed E-state index contributed by atoms with van der Waals surface area (Å²) in [4.78, 5) is 14.3. The highest BCUT2D eigenvalue weighted by molar-refractivity contribution is 6.33. The highest BCUT2D eigenvalue weighted by Crippen LogP contribution is 2.41. The van der Waals surface area contributed by atoms with Crippen LogP contribution in [-0.2, 0) is 0 Å². The van der Waals surface area contributed by atoms with E-state index in [1.54, 1.807) is 12.1 Å².